The van der Waals surface area contributed by atoms with Gasteiger partial charge in [-0.3, -0.25) is 14.9 Å². The Labute approximate surface area is 222 Å². The van der Waals surface area contributed by atoms with Crippen molar-refractivity contribution >= 4 is 51.2 Å². The molecule has 2 amide bonds. The van der Waals surface area contributed by atoms with Crippen molar-refractivity contribution in [3.63, 3.8) is 0 Å². The van der Waals surface area contributed by atoms with Crippen molar-refractivity contribution in [2.24, 2.45) is 0 Å². The third kappa shape index (κ3) is 8.08. The Hall–Kier alpha value is -3.40. The molecule has 0 spiro atoms. The van der Waals surface area contributed by atoms with E-state index in [1.807, 2.05) is 48.5 Å². The Morgan fingerprint density at radius 3 is 2.39 bits per heavy atom. The number of amides is 2. The first-order chi connectivity index (χ1) is 17.4. The van der Waals surface area contributed by atoms with Gasteiger partial charge in [-0.25, -0.2) is 4.79 Å². The van der Waals surface area contributed by atoms with Crippen LogP contribution in [0.3, 0.4) is 0 Å². The monoisotopic (exact) mass is 573 g/mol. The van der Waals surface area contributed by atoms with Gasteiger partial charge in [0.15, 0.2) is 0 Å². The first-order valence-corrected chi connectivity index (χ1v) is 12.1. The molecule has 188 valence electrons. The van der Waals surface area contributed by atoms with E-state index >= 15 is 0 Å². The van der Waals surface area contributed by atoms with E-state index in [0.717, 1.165) is 10.0 Å². The van der Waals surface area contributed by atoms with Crippen molar-refractivity contribution in [1.82, 2.24) is 10.6 Å². The summed E-state index contributed by atoms with van der Waals surface area (Å²) in [5, 5.41) is 8.88. The fraction of sp³-hybridized carbons (Fsp3) is 0.192. The van der Waals surface area contributed by atoms with E-state index in [-0.39, 0.29) is 19.7 Å². The minimum absolute atomic E-state index is 0.0822. The molecule has 3 N–H and O–H groups in total. The second-order valence-corrected chi connectivity index (χ2v) is 8.93. The summed E-state index contributed by atoms with van der Waals surface area (Å²) in [5.74, 6) is -0.910. The SMILES string of the molecule is COC(=O)CNC(c1ccccc1Cl)c1cc(Br)ccc1NC(=O)CNC(=O)OCc1ccccc1. The summed E-state index contributed by atoms with van der Waals surface area (Å²) in [5.41, 5.74) is 2.67. The number of hydrogen-bond acceptors (Lipinski definition) is 6. The fourth-order valence-corrected chi connectivity index (χ4v) is 3.99. The maximum Gasteiger partial charge on any atom is 0.407 e. The molecule has 0 heterocycles. The van der Waals surface area contributed by atoms with E-state index in [1.54, 1.807) is 24.3 Å². The fourth-order valence-electron chi connectivity index (χ4n) is 3.36. The molecule has 10 heteroatoms. The number of anilines is 1. The molecule has 3 rings (SSSR count). The van der Waals surface area contributed by atoms with Crippen molar-refractivity contribution in [2.75, 3.05) is 25.5 Å². The van der Waals surface area contributed by atoms with Crippen molar-refractivity contribution in [3.8, 4) is 0 Å². The molecule has 0 saturated heterocycles. The lowest BCUT2D eigenvalue weighted by Crippen LogP contribution is -2.34. The second kappa shape index (κ2) is 13.6. The number of ether oxygens (including phenoxy) is 2. The van der Waals surface area contributed by atoms with Crippen LogP contribution in [-0.2, 0) is 25.7 Å². The second-order valence-electron chi connectivity index (χ2n) is 7.61. The number of hydrogen-bond donors (Lipinski definition) is 3. The van der Waals surface area contributed by atoms with Gasteiger partial charge in [0.2, 0.25) is 5.91 Å². The van der Waals surface area contributed by atoms with Crippen molar-refractivity contribution < 1.29 is 23.9 Å². The third-order valence-electron chi connectivity index (χ3n) is 5.10. The Morgan fingerprint density at radius 2 is 1.67 bits per heavy atom. The standard InChI is InChI=1S/C26H25BrClN3O5/c1-35-24(33)15-29-25(19-9-5-6-10-21(19)28)20-13-18(27)11-12-22(20)31-23(32)14-30-26(34)36-16-17-7-3-2-4-8-17/h2-13,25,29H,14-16H2,1H3,(H,30,34)(H,31,32). The van der Waals surface area contributed by atoms with Crippen LogP contribution in [0.15, 0.2) is 77.3 Å². The third-order valence-corrected chi connectivity index (χ3v) is 5.94. The molecule has 0 fully saturated rings. The zero-order chi connectivity index (χ0) is 25.9. The molecule has 0 aromatic heterocycles. The minimum atomic E-state index is -0.710. The highest BCUT2D eigenvalue weighted by Crippen LogP contribution is 2.34. The number of benzene rings is 3. The number of halogens is 2. The number of carbonyl (C=O) groups is 3. The summed E-state index contributed by atoms with van der Waals surface area (Å²) in [6.07, 6.45) is -0.710. The molecule has 3 aromatic rings. The number of rotatable bonds is 10. The quantitative estimate of drug-likeness (QED) is 0.300. The van der Waals surface area contributed by atoms with Gasteiger partial charge in [-0.15, -0.1) is 0 Å². The van der Waals surface area contributed by atoms with Crippen LogP contribution in [0.5, 0.6) is 0 Å². The van der Waals surface area contributed by atoms with Crippen LogP contribution in [0.1, 0.15) is 22.7 Å². The highest BCUT2D eigenvalue weighted by molar-refractivity contribution is 9.10. The molecule has 1 atom stereocenters. The Morgan fingerprint density at radius 1 is 0.944 bits per heavy atom. The summed E-state index contributed by atoms with van der Waals surface area (Å²) in [7, 11) is 1.30. The van der Waals surface area contributed by atoms with E-state index in [0.29, 0.717) is 21.8 Å². The lowest BCUT2D eigenvalue weighted by atomic mass is 9.96. The van der Waals surface area contributed by atoms with Crippen molar-refractivity contribution in [3.05, 3.63) is 99.0 Å². The van der Waals surface area contributed by atoms with E-state index in [9.17, 15) is 14.4 Å². The van der Waals surface area contributed by atoms with Gasteiger partial charge >= 0.3 is 12.1 Å². The minimum Gasteiger partial charge on any atom is -0.468 e. The Balaban J connectivity index is 1.72. The topological polar surface area (TPSA) is 106 Å². The van der Waals surface area contributed by atoms with Crippen LogP contribution >= 0.6 is 27.5 Å². The smallest absolute Gasteiger partial charge is 0.407 e. The Kier molecular flexibility index (Phi) is 10.3. The van der Waals surface area contributed by atoms with Crippen LogP contribution in [-0.4, -0.2) is 38.2 Å². The Bertz CT molecular complexity index is 1210. The number of nitrogens with one attached hydrogen (secondary N) is 3. The van der Waals surface area contributed by atoms with Gasteiger partial charge in [0, 0.05) is 15.2 Å². The van der Waals surface area contributed by atoms with Crippen LogP contribution < -0.4 is 16.0 Å². The summed E-state index contributed by atoms with van der Waals surface area (Å²) < 4.78 is 10.7. The molecule has 3 aromatic carbocycles. The largest absolute Gasteiger partial charge is 0.468 e. The molecule has 0 saturated carbocycles. The van der Waals surface area contributed by atoms with Gasteiger partial charge in [-0.2, -0.15) is 0 Å². The van der Waals surface area contributed by atoms with Crippen LogP contribution in [0.4, 0.5) is 10.5 Å². The van der Waals surface area contributed by atoms with Crippen molar-refractivity contribution in [2.45, 2.75) is 12.6 Å². The number of alkyl carbamates (subject to hydrolysis) is 1. The van der Waals surface area contributed by atoms with Crippen LogP contribution in [0.25, 0.3) is 0 Å². The molecular formula is C26H25BrClN3O5. The van der Waals surface area contributed by atoms with E-state index in [1.165, 1.54) is 7.11 Å². The first-order valence-electron chi connectivity index (χ1n) is 11.0. The summed E-state index contributed by atoms with van der Waals surface area (Å²) in [4.78, 5) is 36.5. The average Bonchev–Trinajstić information content (AvgIpc) is 2.89. The number of methoxy groups -OCH3 is 1. The molecule has 0 aliphatic rings. The van der Waals surface area contributed by atoms with Gasteiger partial charge in [0.05, 0.1) is 19.7 Å². The van der Waals surface area contributed by atoms with Crippen molar-refractivity contribution in [1.29, 1.82) is 0 Å². The van der Waals surface area contributed by atoms with Gasteiger partial charge in [0.25, 0.3) is 0 Å². The first kappa shape index (κ1) is 27.2. The lowest BCUT2D eigenvalue weighted by molar-refractivity contribution is -0.139. The molecular weight excluding hydrogens is 550 g/mol. The predicted octanol–water partition coefficient (Wildman–Crippen LogP) is 4.82. The zero-order valence-electron chi connectivity index (χ0n) is 19.4. The van der Waals surface area contributed by atoms with Gasteiger partial charge < -0.3 is 20.1 Å². The molecule has 8 nitrogen and oxygen atoms in total. The van der Waals surface area contributed by atoms with Crippen LogP contribution in [0, 0.1) is 0 Å². The van der Waals surface area contributed by atoms with E-state index < -0.39 is 24.0 Å². The molecule has 0 radical (unpaired) electrons. The normalized spacial score (nSPS) is 11.3. The molecule has 0 aliphatic carbocycles. The lowest BCUT2D eigenvalue weighted by Gasteiger charge is -2.23. The van der Waals surface area contributed by atoms with Crippen LogP contribution in [0.2, 0.25) is 5.02 Å². The molecule has 0 bridgehead atoms. The van der Waals surface area contributed by atoms with Gasteiger partial charge in [0.1, 0.15) is 13.2 Å². The summed E-state index contributed by atoms with van der Waals surface area (Å²) in [6, 6.07) is 21.2. The molecule has 36 heavy (non-hydrogen) atoms. The highest BCUT2D eigenvalue weighted by atomic mass is 79.9. The zero-order valence-corrected chi connectivity index (χ0v) is 21.8. The predicted molar refractivity (Wildman–Crippen MR) is 141 cm³/mol. The summed E-state index contributed by atoms with van der Waals surface area (Å²) in [6.45, 7) is -0.285. The number of esters is 1. The van der Waals surface area contributed by atoms with E-state index in [4.69, 9.17) is 21.1 Å². The number of carbonyl (C=O) groups excluding carboxylic acids is 3. The molecule has 1 unspecified atom stereocenters. The average molecular weight is 575 g/mol. The molecule has 0 aliphatic heterocycles. The van der Waals surface area contributed by atoms with Gasteiger partial charge in [-0.1, -0.05) is 76.1 Å². The summed E-state index contributed by atoms with van der Waals surface area (Å²) >= 11 is 9.92. The maximum atomic E-state index is 12.7. The maximum absolute atomic E-state index is 12.7. The van der Waals surface area contributed by atoms with Gasteiger partial charge in [-0.05, 0) is 41.0 Å². The highest BCUT2D eigenvalue weighted by Gasteiger charge is 2.22. The van der Waals surface area contributed by atoms with E-state index in [2.05, 4.69) is 31.9 Å².